The number of allylic oxidation sites excluding steroid dienone is 1. The van der Waals surface area contributed by atoms with E-state index in [1.54, 1.807) is 0 Å². The Labute approximate surface area is 84.3 Å². The van der Waals surface area contributed by atoms with Gasteiger partial charge in [-0.25, -0.2) is 0 Å². The van der Waals surface area contributed by atoms with Crippen LogP contribution in [-0.4, -0.2) is 18.1 Å². The Balaban J connectivity index is 2.02. The van der Waals surface area contributed by atoms with Gasteiger partial charge in [0.25, 0.3) is 0 Å². The molecule has 0 spiro atoms. The van der Waals surface area contributed by atoms with Crippen molar-refractivity contribution in [3.63, 3.8) is 0 Å². The fourth-order valence-corrected chi connectivity index (χ4v) is 2.39. The minimum Gasteiger partial charge on any atom is -0.371 e. The van der Waals surface area contributed by atoms with E-state index in [9.17, 15) is 0 Å². The normalized spacial score (nSPS) is 19.0. The zero-order valence-corrected chi connectivity index (χ0v) is 8.24. The first-order valence-electron chi connectivity index (χ1n) is 5.34. The maximum Gasteiger partial charge on any atom is 0.0682 e. The molecule has 1 aliphatic carbocycles. The van der Waals surface area contributed by atoms with E-state index in [0.717, 1.165) is 6.42 Å². The lowest BCUT2D eigenvalue weighted by Crippen LogP contribution is -2.19. The Hall–Kier alpha value is -1.31. The summed E-state index contributed by atoms with van der Waals surface area (Å²) in [6.45, 7) is 2.44. The Kier molecular flexibility index (Phi) is 1.79. The topological polar surface area (TPSA) is 16.1 Å². The zero-order chi connectivity index (χ0) is 9.38. The molecule has 3 rings (SSSR count). The average molecular weight is 186 g/mol. The van der Waals surface area contributed by atoms with Crippen molar-refractivity contribution < 1.29 is 0 Å². The lowest BCUT2D eigenvalue weighted by Gasteiger charge is -2.20. The smallest absolute Gasteiger partial charge is 0.0682 e. The lowest BCUT2D eigenvalue weighted by atomic mass is 10.1. The maximum absolute atomic E-state index is 4.38. The van der Waals surface area contributed by atoms with Gasteiger partial charge < -0.3 is 4.90 Å². The molecule has 0 amide bonds. The molecule has 0 aromatic carbocycles. The summed E-state index contributed by atoms with van der Waals surface area (Å²) >= 11 is 0. The molecule has 14 heavy (non-hydrogen) atoms. The van der Waals surface area contributed by atoms with Crippen molar-refractivity contribution in [1.82, 2.24) is 4.98 Å². The van der Waals surface area contributed by atoms with Crippen LogP contribution in [0.2, 0.25) is 0 Å². The summed E-state index contributed by atoms with van der Waals surface area (Å²) < 4.78 is 0. The standard InChI is InChI=1S/C12H14N2/c1-2-9-14(8-1)12-6-7-13-11-5-3-4-10(11)12/h3,5-7H,1-2,4,8-9H2. The van der Waals surface area contributed by atoms with Gasteiger partial charge in [-0.2, -0.15) is 0 Å². The van der Waals surface area contributed by atoms with Crippen LogP contribution in [0, 0.1) is 0 Å². The largest absolute Gasteiger partial charge is 0.371 e. The van der Waals surface area contributed by atoms with Gasteiger partial charge in [-0.3, -0.25) is 4.98 Å². The molecule has 0 N–H and O–H groups in total. The monoisotopic (exact) mass is 186 g/mol. The highest BCUT2D eigenvalue weighted by molar-refractivity contribution is 5.67. The maximum atomic E-state index is 4.38. The third kappa shape index (κ3) is 1.14. The predicted molar refractivity (Wildman–Crippen MR) is 58.4 cm³/mol. The summed E-state index contributed by atoms with van der Waals surface area (Å²) in [7, 11) is 0. The van der Waals surface area contributed by atoms with E-state index in [1.165, 1.54) is 42.9 Å². The molecule has 2 nitrogen and oxygen atoms in total. The quantitative estimate of drug-likeness (QED) is 0.668. The van der Waals surface area contributed by atoms with Crippen LogP contribution < -0.4 is 4.90 Å². The molecule has 1 aromatic heterocycles. The molecule has 2 heterocycles. The molecule has 1 aromatic rings. The fraction of sp³-hybridized carbons (Fsp3) is 0.417. The summed E-state index contributed by atoms with van der Waals surface area (Å²) in [5.41, 5.74) is 4.02. The van der Waals surface area contributed by atoms with Gasteiger partial charge in [-0.05, 0) is 31.4 Å². The number of hydrogen-bond acceptors (Lipinski definition) is 2. The minimum absolute atomic E-state index is 1.06. The Morgan fingerprint density at radius 1 is 1.21 bits per heavy atom. The van der Waals surface area contributed by atoms with Crippen LogP contribution in [0.4, 0.5) is 5.69 Å². The van der Waals surface area contributed by atoms with Crippen molar-refractivity contribution in [2.75, 3.05) is 18.0 Å². The number of aromatic nitrogens is 1. The van der Waals surface area contributed by atoms with Crippen molar-refractivity contribution in [3.05, 3.63) is 29.6 Å². The van der Waals surface area contributed by atoms with Crippen LogP contribution in [0.1, 0.15) is 24.1 Å². The van der Waals surface area contributed by atoms with Crippen molar-refractivity contribution in [3.8, 4) is 0 Å². The van der Waals surface area contributed by atoms with Gasteiger partial charge in [0.1, 0.15) is 0 Å². The highest BCUT2D eigenvalue weighted by atomic mass is 15.1. The number of rotatable bonds is 1. The van der Waals surface area contributed by atoms with E-state index in [0.29, 0.717) is 0 Å². The summed E-state index contributed by atoms with van der Waals surface area (Å²) in [4.78, 5) is 6.87. The molecule has 0 unspecified atom stereocenters. The van der Waals surface area contributed by atoms with Crippen LogP contribution in [0.15, 0.2) is 18.3 Å². The van der Waals surface area contributed by atoms with Gasteiger partial charge in [-0.15, -0.1) is 0 Å². The molecule has 1 aliphatic heterocycles. The average Bonchev–Trinajstić information content (AvgIpc) is 2.88. The SMILES string of the molecule is C1=Cc2nccc(N3CCCC3)c2C1. The fourth-order valence-electron chi connectivity index (χ4n) is 2.39. The minimum atomic E-state index is 1.06. The van der Waals surface area contributed by atoms with E-state index >= 15 is 0 Å². The lowest BCUT2D eigenvalue weighted by molar-refractivity contribution is 0.949. The predicted octanol–water partition coefficient (Wildman–Crippen LogP) is 2.25. The molecule has 0 radical (unpaired) electrons. The first-order chi connectivity index (χ1) is 6.95. The Morgan fingerprint density at radius 2 is 2.07 bits per heavy atom. The van der Waals surface area contributed by atoms with E-state index in [1.807, 2.05) is 6.20 Å². The van der Waals surface area contributed by atoms with Gasteiger partial charge in [0.15, 0.2) is 0 Å². The molecule has 1 saturated heterocycles. The second kappa shape index (κ2) is 3.12. The third-order valence-corrected chi connectivity index (χ3v) is 3.11. The van der Waals surface area contributed by atoms with Crippen molar-refractivity contribution in [1.29, 1.82) is 0 Å². The first kappa shape index (κ1) is 8.04. The van der Waals surface area contributed by atoms with E-state index in [-0.39, 0.29) is 0 Å². The summed E-state index contributed by atoms with van der Waals surface area (Å²) in [6.07, 6.45) is 10.0. The Morgan fingerprint density at radius 3 is 2.93 bits per heavy atom. The van der Waals surface area contributed by atoms with Gasteiger partial charge in [0.05, 0.1) is 5.69 Å². The van der Waals surface area contributed by atoms with Gasteiger partial charge in [0.2, 0.25) is 0 Å². The number of anilines is 1. The number of hydrogen-bond donors (Lipinski definition) is 0. The van der Waals surface area contributed by atoms with E-state index in [2.05, 4.69) is 28.1 Å². The van der Waals surface area contributed by atoms with Gasteiger partial charge in [-0.1, -0.05) is 6.08 Å². The van der Waals surface area contributed by atoms with Crippen LogP contribution in [0.25, 0.3) is 6.08 Å². The third-order valence-electron chi connectivity index (χ3n) is 3.11. The van der Waals surface area contributed by atoms with Crippen LogP contribution in [0.5, 0.6) is 0 Å². The molecule has 72 valence electrons. The van der Waals surface area contributed by atoms with Gasteiger partial charge in [0, 0.05) is 30.5 Å². The first-order valence-corrected chi connectivity index (χ1v) is 5.34. The zero-order valence-electron chi connectivity index (χ0n) is 8.24. The molecule has 0 saturated carbocycles. The van der Waals surface area contributed by atoms with E-state index < -0.39 is 0 Å². The van der Waals surface area contributed by atoms with Crippen molar-refractivity contribution >= 4 is 11.8 Å². The summed E-state index contributed by atoms with van der Waals surface area (Å²) in [5.74, 6) is 0. The molecule has 1 fully saturated rings. The van der Waals surface area contributed by atoms with Crippen molar-refractivity contribution in [2.24, 2.45) is 0 Å². The molecular formula is C12H14N2. The summed E-state index contributed by atoms with van der Waals surface area (Å²) in [5, 5.41) is 0. The van der Waals surface area contributed by atoms with E-state index in [4.69, 9.17) is 0 Å². The van der Waals surface area contributed by atoms with Crippen molar-refractivity contribution in [2.45, 2.75) is 19.3 Å². The molecule has 0 atom stereocenters. The van der Waals surface area contributed by atoms with Gasteiger partial charge >= 0.3 is 0 Å². The molecule has 2 heteroatoms. The number of fused-ring (bicyclic) bond motifs is 1. The molecule has 0 bridgehead atoms. The molecular weight excluding hydrogens is 172 g/mol. The highest BCUT2D eigenvalue weighted by Crippen LogP contribution is 2.30. The Bertz CT molecular complexity index is 376. The van der Waals surface area contributed by atoms with Crippen LogP contribution in [-0.2, 0) is 6.42 Å². The highest BCUT2D eigenvalue weighted by Gasteiger charge is 2.18. The number of nitrogens with zero attached hydrogens (tertiary/aromatic N) is 2. The number of pyridine rings is 1. The second-order valence-electron chi connectivity index (χ2n) is 3.99. The molecule has 2 aliphatic rings. The second-order valence-corrected chi connectivity index (χ2v) is 3.99. The van der Waals surface area contributed by atoms with Crippen LogP contribution in [0.3, 0.4) is 0 Å². The summed E-state index contributed by atoms with van der Waals surface area (Å²) in [6, 6.07) is 2.16. The van der Waals surface area contributed by atoms with Crippen LogP contribution >= 0.6 is 0 Å².